The third-order valence-corrected chi connectivity index (χ3v) is 7.92. The molecule has 7 heteroatoms. The molecule has 4 nitrogen and oxygen atoms in total. The van der Waals surface area contributed by atoms with Crippen LogP contribution in [0.15, 0.2) is 60.3 Å². The first kappa shape index (κ1) is 21.2. The Labute approximate surface area is 200 Å². The van der Waals surface area contributed by atoms with Crippen LogP contribution in [0.4, 0.5) is 5.69 Å². The molecule has 0 bridgehead atoms. The van der Waals surface area contributed by atoms with Crippen LogP contribution in [0.3, 0.4) is 0 Å². The van der Waals surface area contributed by atoms with Crippen LogP contribution in [0.1, 0.15) is 39.6 Å². The molecule has 4 aromatic heterocycles. The molecule has 3 N–H and O–H groups in total. The largest absolute Gasteiger partial charge is 0.379 e. The van der Waals surface area contributed by atoms with E-state index in [1.807, 2.05) is 18.2 Å². The van der Waals surface area contributed by atoms with Crippen LogP contribution in [-0.4, -0.2) is 16.0 Å². The molecule has 4 aromatic rings. The van der Waals surface area contributed by atoms with E-state index in [-0.39, 0.29) is 12.0 Å². The van der Waals surface area contributed by atoms with E-state index in [1.165, 1.54) is 9.75 Å². The van der Waals surface area contributed by atoms with Gasteiger partial charge in [-0.2, -0.15) is 0 Å². The van der Waals surface area contributed by atoms with Gasteiger partial charge in [-0.3, -0.25) is 4.98 Å². The number of nitrogens with zero attached hydrogens (tertiary/aromatic N) is 2. The van der Waals surface area contributed by atoms with E-state index in [0.717, 1.165) is 46.4 Å². The molecule has 1 aliphatic rings. The van der Waals surface area contributed by atoms with Gasteiger partial charge < -0.3 is 11.1 Å². The molecule has 0 fully saturated rings. The van der Waals surface area contributed by atoms with Gasteiger partial charge in [-0.1, -0.05) is 41.7 Å². The molecule has 0 saturated heterocycles. The van der Waals surface area contributed by atoms with E-state index in [1.54, 1.807) is 35.1 Å². The molecular weight excluding hydrogens is 456 g/mol. The van der Waals surface area contributed by atoms with Crippen LogP contribution in [-0.2, 0) is 6.54 Å². The number of hydrogen-bond donors (Lipinski definition) is 2. The number of nitrogens with two attached hydrogens (primary N) is 1. The highest BCUT2D eigenvalue weighted by Crippen LogP contribution is 2.43. The maximum atomic E-state index is 6.54. The van der Waals surface area contributed by atoms with Crippen LogP contribution in [0.5, 0.6) is 0 Å². The summed E-state index contributed by atoms with van der Waals surface area (Å²) < 4.78 is 1.07. The fraction of sp³-hybridized carbons (Fsp3) is 0.200. The summed E-state index contributed by atoms with van der Waals surface area (Å²) in [6, 6.07) is 9.96. The van der Waals surface area contributed by atoms with E-state index >= 15 is 0 Å². The lowest BCUT2D eigenvalue weighted by Gasteiger charge is -2.24. The maximum Gasteiger partial charge on any atom is 0.131 e. The average Bonchev–Trinajstić information content (AvgIpc) is 3.45. The summed E-state index contributed by atoms with van der Waals surface area (Å²) in [5, 5.41) is 6.09. The summed E-state index contributed by atoms with van der Waals surface area (Å²) in [5.41, 5.74) is 10.2. The van der Waals surface area contributed by atoms with Crippen LogP contribution >= 0.6 is 34.3 Å². The minimum Gasteiger partial charge on any atom is -0.379 e. The zero-order valence-electron chi connectivity index (χ0n) is 17.2. The standard InChI is InChI=1S/C25H21ClN4S2/c26-22-14-21(29-15-17-4-3-13-31-17)25-23(30-22)19(8-7-16-9-11-28-12-10-16)24(32-25)18-5-1-2-6-20(18)27/h1-4,9-14,18,20H,5-6,15,27H2,(H,29,30)/t18-,20-/m0/s1. The molecule has 160 valence electrons. The lowest BCUT2D eigenvalue weighted by molar-refractivity contribution is 0.527. The quantitative estimate of drug-likeness (QED) is 0.210. The van der Waals surface area contributed by atoms with Gasteiger partial charge in [0.1, 0.15) is 10.7 Å². The fourth-order valence-corrected chi connectivity index (χ4v) is 6.08. The van der Waals surface area contributed by atoms with Crippen LogP contribution in [0, 0.1) is 11.8 Å². The van der Waals surface area contributed by atoms with Gasteiger partial charge in [-0.25, -0.2) is 4.98 Å². The third-order valence-electron chi connectivity index (χ3n) is 5.50. The zero-order chi connectivity index (χ0) is 21.9. The Bertz CT molecular complexity index is 1320. The Morgan fingerprint density at radius 1 is 1.16 bits per heavy atom. The second-order valence-electron chi connectivity index (χ2n) is 7.64. The highest BCUT2D eigenvalue weighted by Gasteiger charge is 2.27. The summed E-state index contributed by atoms with van der Waals surface area (Å²) in [7, 11) is 0. The summed E-state index contributed by atoms with van der Waals surface area (Å²) in [6.07, 6.45) is 9.66. The number of pyridine rings is 2. The van der Waals surface area contributed by atoms with Gasteiger partial charge in [0.05, 0.1) is 16.0 Å². The molecular formula is C25H21ClN4S2. The number of fused-ring (bicyclic) bond motifs is 1. The first-order valence-corrected chi connectivity index (χ1v) is 12.5. The predicted octanol–water partition coefficient (Wildman–Crippen LogP) is 6.18. The highest BCUT2D eigenvalue weighted by molar-refractivity contribution is 7.20. The number of aromatic nitrogens is 2. The normalized spacial score (nSPS) is 17.8. The Kier molecular flexibility index (Phi) is 6.24. The third kappa shape index (κ3) is 4.43. The molecule has 0 saturated carbocycles. The van der Waals surface area contributed by atoms with Crippen molar-refractivity contribution in [3.8, 4) is 11.8 Å². The molecule has 2 atom stereocenters. The minimum absolute atomic E-state index is 0.0625. The Morgan fingerprint density at radius 3 is 2.78 bits per heavy atom. The van der Waals surface area contributed by atoms with Gasteiger partial charge in [-0.15, -0.1) is 22.7 Å². The second kappa shape index (κ2) is 9.43. The number of thiophene rings is 2. The summed E-state index contributed by atoms with van der Waals surface area (Å²) in [6.45, 7) is 0.740. The van der Waals surface area contributed by atoms with Gasteiger partial charge in [0.2, 0.25) is 0 Å². The fourth-order valence-electron chi connectivity index (χ4n) is 3.87. The first-order valence-electron chi connectivity index (χ1n) is 10.4. The van der Waals surface area contributed by atoms with Gasteiger partial charge in [0.15, 0.2) is 0 Å². The molecule has 1 aliphatic carbocycles. The van der Waals surface area contributed by atoms with Crippen molar-refractivity contribution in [1.82, 2.24) is 9.97 Å². The highest BCUT2D eigenvalue weighted by atomic mass is 35.5. The molecule has 0 aliphatic heterocycles. The number of allylic oxidation sites excluding steroid dienone is 1. The number of rotatable bonds is 4. The Morgan fingerprint density at radius 2 is 2.00 bits per heavy atom. The van der Waals surface area contributed by atoms with E-state index in [9.17, 15) is 0 Å². The molecule has 0 unspecified atom stereocenters. The van der Waals surface area contributed by atoms with E-state index in [2.05, 4.69) is 51.8 Å². The van der Waals surface area contributed by atoms with Gasteiger partial charge in [0, 0.05) is 52.3 Å². The van der Waals surface area contributed by atoms with Crippen LogP contribution in [0.25, 0.3) is 10.2 Å². The minimum atomic E-state index is 0.0625. The van der Waals surface area contributed by atoms with E-state index in [0.29, 0.717) is 5.15 Å². The van der Waals surface area contributed by atoms with E-state index in [4.69, 9.17) is 22.3 Å². The molecule has 5 rings (SSSR count). The van der Waals surface area contributed by atoms with Gasteiger partial charge in [0.25, 0.3) is 0 Å². The lowest BCUT2D eigenvalue weighted by Crippen LogP contribution is -2.29. The van der Waals surface area contributed by atoms with Crippen molar-refractivity contribution in [2.75, 3.05) is 5.32 Å². The SMILES string of the molecule is N[C@H]1CC=CC[C@@H]1c1sc2c(NCc3cccs3)cc(Cl)nc2c1C#Cc1ccncc1. The van der Waals surface area contributed by atoms with Crippen molar-refractivity contribution in [3.63, 3.8) is 0 Å². The van der Waals surface area contributed by atoms with Crippen molar-refractivity contribution in [3.05, 3.63) is 86.3 Å². The Hall–Kier alpha value is -2.69. The molecule has 0 amide bonds. The van der Waals surface area contributed by atoms with Gasteiger partial charge in [-0.05, 0) is 36.4 Å². The van der Waals surface area contributed by atoms with Crippen molar-refractivity contribution in [2.45, 2.75) is 31.3 Å². The molecule has 0 aromatic carbocycles. The van der Waals surface area contributed by atoms with Crippen molar-refractivity contribution >= 4 is 50.2 Å². The zero-order valence-corrected chi connectivity index (χ0v) is 19.6. The lowest BCUT2D eigenvalue weighted by atomic mass is 9.87. The first-order chi connectivity index (χ1) is 15.7. The summed E-state index contributed by atoms with van der Waals surface area (Å²) >= 11 is 9.92. The Balaban J connectivity index is 1.63. The molecule has 32 heavy (non-hydrogen) atoms. The summed E-state index contributed by atoms with van der Waals surface area (Å²) in [5.74, 6) is 6.90. The predicted molar refractivity (Wildman–Crippen MR) is 136 cm³/mol. The molecule has 4 heterocycles. The average molecular weight is 477 g/mol. The van der Waals surface area contributed by atoms with Crippen molar-refractivity contribution in [1.29, 1.82) is 0 Å². The summed E-state index contributed by atoms with van der Waals surface area (Å²) in [4.78, 5) is 11.2. The van der Waals surface area contributed by atoms with Crippen LogP contribution < -0.4 is 11.1 Å². The molecule has 0 spiro atoms. The number of halogens is 1. The number of nitrogens with one attached hydrogen (secondary N) is 1. The number of hydrogen-bond acceptors (Lipinski definition) is 6. The van der Waals surface area contributed by atoms with Crippen LogP contribution in [0.2, 0.25) is 5.15 Å². The van der Waals surface area contributed by atoms with Crippen molar-refractivity contribution < 1.29 is 0 Å². The maximum absolute atomic E-state index is 6.54. The monoisotopic (exact) mass is 476 g/mol. The molecule has 0 radical (unpaired) electrons. The number of anilines is 1. The smallest absolute Gasteiger partial charge is 0.131 e. The topological polar surface area (TPSA) is 63.8 Å². The van der Waals surface area contributed by atoms with Gasteiger partial charge >= 0.3 is 0 Å². The second-order valence-corrected chi connectivity index (χ2v) is 10.1. The van der Waals surface area contributed by atoms with E-state index < -0.39 is 0 Å². The van der Waals surface area contributed by atoms with Crippen molar-refractivity contribution in [2.24, 2.45) is 5.73 Å².